The molecule has 0 aromatic heterocycles. The number of rotatable bonds is 5. The summed E-state index contributed by atoms with van der Waals surface area (Å²) in [4.78, 5) is 24.3. The van der Waals surface area contributed by atoms with Crippen LogP contribution >= 0.6 is 11.8 Å². The number of aliphatic carboxylic acids is 1. The molecule has 1 aliphatic heterocycles. The van der Waals surface area contributed by atoms with Crippen LogP contribution in [0.3, 0.4) is 0 Å². The van der Waals surface area contributed by atoms with Gasteiger partial charge in [0.15, 0.2) is 0 Å². The van der Waals surface area contributed by atoms with Crippen molar-refractivity contribution in [3.8, 4) is 0 Å². The molecule has 1 atom stereocenters. The second-order valence-corrected chi connectivity index (χ2v) is 5.17. The molecule has 0 spiro atoms. The molecular formula is C11H19NO3S. The van der Waals surface area contributed by atoms with Crippen LogP contribution in [0.2, 0.25) is 0 Å². The highest BCUT2D eigenvalue weighted by Gasteiger charge is 2.28. The van der Waals surface area contributed by atoms with Gasteiger partial charge in [-0.15, -0.1) is 0 Å². The summed E-state index contributed by atoms with van der Waals surface area (Å²) in [5, 5.41) is 8.79. The molecule has 1 rings (SSSR count). The predicted molar refractivity (Wildman–Crippen MR) is 64.6 cm³/mol. The first-order chi connectivity index (χ1) is 7.65. The number of carbonyl (C=O) groups is 2. The van der Waals surface area contributed by atoms with Gasteiger partial charge in [-0.2, -0.15) is 11.8 Å². The minimum atomic E-state index is -0.819. The second kappa shape index (κ2) is 6.78. The minimum Gasteiger partial charge on any atom is -0.481 e. The highest BCUT2D eigenvalue weighted by Crippen LogP contribution is 2.20. The van der Waals surface area contributed by atoms with Crippen LogP contribution in [0.15, 0.2) is 0 Å². The molecule has 4 nitrogen and oxygen atoms in total. The third-order valence-electron chi connectivity index (χ3n) is 2.70. The highest BCUT2D eigenvalue weighted by atomic mass is 32.2. The Balaban J connectivity index is 2.51. The zero-order valence-electron chi connectivity index (χ0n) is 9.65. The van der Waals surface area contributed by atoms with Crippen molar-refractivity contribution in [1.82, 2.24) is 4.90 Å². The fourth-order valence-corrected chi connectivity index (χ4v) is 2.89. The number of thioether (sulfide) groups is 1. The van der Waals surface area contributed by atoms with Crippen LogP contribution in [0.1, 0.15) is 32.6 Å². The number of carboxylic acids is 1. The van der Waals surface area contributed by atoms with E-state index >= 15 is 0 Å². The number of nitrogens with zero attached hydrogens (tertiary/aromatic N) is 1. The summed E-state index contributed by atoms with van der Waals surface area (Å²) < 4.78 is 0. The normalized spacial score (nSPS) is 20.8. The van der Waals surface area contributed by atoms with E-state index in [0.717, 1.165) is 24.3 Å². The van der Waals surface area contributed by atoms with Crippen molar-refractivity contribution in [2.45, 2.75) is 38.6 Å². The van der Waals surface area contributed by atoms with Crippen molar-refractivity contribution in [2.75, 3.05) is 18.1 Å². The molecule has 1 heterocycles. The predicted octanol–water partition coefficient (Wildman–Crippen LogP) is 1.60. The molecule has 0 radical (unpaired) electrons. The number of hydrogen-bond donors (Lipinski definition) is 1. The number of hydrogen-bond acceptors (Lipinski definition) is 3. The first kappa shape index (κ1) is 13.4. The zero-order chi connectivity index (χ0) is 12.0. The van der Waals surface area contributed by atoms with E-state index in [2.05, 4.69) is 0 Å². The molecular weight excluding hydrogens is 226 g/mol. The lowest BCUT2D eigenvalue weighted by Crippen LogP contribution is -2.47. The minimum absolute atomic E-state index is 0.0743. The highest BCUT2D eigenvalue weighted by molar-refractivity contribution is 7.99. The molecule has 1 unspecified atom stereocenters. The number of carbonyl (C=O) groups excluding carboxylic acids is 1. The molecule has 92 valence electrons. The Bertz CT molecular complexity index is 258. The molecule has 0 bridgehead atoms. The van der Waals surface area contributed by atoms with Gasteiger partial charge in [-0.05, 0) is 6.42 Å². The smallest absolute Gasteiger partial charge is 0.305 e. The maximum absolute atomic E-state index is 11.9. The number of unbranched alkanes of at least 4 members (excludes halogenated alkanes) is 1. The van der Waals surface area contributed by atoms with E-state index in [1.54, 1.807) is 16.7 Å². The first-order valence-corrected chi connectivity index (χ1v) is 6.89. The van der Waals surface area contributed by atoms with Gasteiger partial charge in [-0.25, -0.2) is 0 Å². The lowest BCUT2D eigenvalue weighted by molar-refractivity contribution is -0.140. The second-order valence-electron chi connectivity index (χ2n) is 4.02. The summed E-state index contributed by atoms with van der Waals surface area (Å²) in [6.07, 6.45) is 2.52. The fourth-order valence-electron chi connectivity index (χ4n) is 1.83. The van der Waals surface area contributed by atoms with E-state index < -0.39 is 5.97 Å². The SMILES string of the molecule is CCCCC(=O)N1CCSCC1CC(=O)O. The standard InChI is InChI=1S/C11H19NO3S/c1-2-3-4-10(13)12-5-6-16-8-9(12)7-11(14)15/h9H,2-8H2,1H3,(H,14,15). The Kier molecular flexibility index (Phi) is 5.66. The van der Waals surface area contributed by atoms with E-state index in [1.165, 1.54) is 0 Å². The van der Waals surface area contributed by atoms with Crippen LogP contribution in [0.25, 0.3) is 0 Å². The first-order valence-electron chi connectivity index (χ1n) is 5.74. The molecule has 1 amide bonds. The van der Waals surface area contributed by atoms with Crippen LogP contribution in [-0.4, -0.2) is 46.0 Å². The Morgan fingerprint density at radius 3 is 2.88 bits per heavy atom. The molecule has 16 heavy (non-hydrogen) atoms. The van der Waals surface area contributed by atoms with Crippen LogP contribution in [0.5, 0.6) is 0 Å². The molecule has 0 aromatic rings. The largest absolute Gasteiger partial charge is 0.481 e. The topological polar surface area (TPSA) is 57.6 Å². The average molecular weight is 245 g/mol. The van der Waals surface area contributed by atoms with Crippen molar-refractivity contribution >= 4 is 23.6 Å². The van der Waals surface area contributed by atoms with Gasteiger partial charge in [0.25, 0.3) is 0 Å². The summed E-state index contributed by atoms with van der Waals surface area (Å²) in [7, 11) is 0. The fraction of sp³-hybridized carbons (Fsp3) is 0.818. The lowest BCUT2D eigenvalue weighted by Gasteiger charge is -2.34. The van der Waals surface area contributed by atoms with E-state index in [0.29, 0.717) is 13.0 Å². The van der Waals surface area contributed by atoms with E-state index in [-0.39, 0.29) is 18.4 Å². The van der Waals surface area contributed by atoms with Crippen molar-refractivity contribution in [2.24, 2.45) is 0 Å². The van der Waals surface area contributed by atoms with Crippen molar-refractivity contribution in [1.29, 1.82) is 0 Å². The maximum atomic E-state index is 11.9. The van der Waals surface area contributed by atoms with Gasteiger partial charge >= 0.3 is 5.97 Å². The monoisotopic (exact) mass is 245 g/mol. The summed E-state index contributed by atoms with van der Waals surface area (Å²) in [6.45, 7) is 2.75. The Hall–Kier alpha value is -0.710. The molecule has 0 aliphatic carbocycles. The Morgan fingerprint density at radius 1 is 1.50 bits per heavy atom. The summed E-state index contributed by atoms with van der Waals surface area (Å²) in [6, 6.07) is -0.111. The third-order valence-corrected chi connectivity index (χ3v) is 3.79. The van der Waals surface area contributed by atoms with E-state index in [1.807, 2.05) is 6.92 Å². The molecule has 0 aromatic carbocycles. The average Bonchev–Trinajstić information content (AvgIpc) is 2.26. The van der Waals surface area contributed by atoms with Gasteiger partial charge in [0.05, 0.1) is 12.5 Å². The number of amides is 1. The summed E-state index contributed by atoms with van der Waals surface area (Å²) in [5.41, 5.74) is 0. The van der Waals surface area contributed by atoms with Crippen LogP contribution < -0.4 is 0 Å². The summed E-state index contributed by atoms with van der Waals surface area (Å²) in [5.74, 6) is 0.979. The Labute approximate surface area is 100 Å². The van der Waals surface area contributed by atoms with Gasteiger partial charge in [0, 0.05) is 24.5 Å². The van der Waals surface area contributed by atoms with Crippen molar-refractivity contribution in [3.63, 3.8) is 0 Å². The van der Waals surface area contributed by atoms with Crippen LogP contribution in [-0.2, 0) is 9.59 Å². The zero-order valence-corrected chi connectivity index (χ0v) is 10.5. The quantitative estimate of drug-likeness (QED) is 0.799. The van der Waals surface area contributed by atoms with Crippen LogP contribution in [0, 0.1) is 0 Å². The van der Waals surface area contributed by atoms with Crippen molar-refractivity contribution in [3.05, 3.63) is 0 Å². The third kappa shape index (κ3) is 4.04. The van der Waals surface area contributed by atoms with Crippen molar-refractivity contribution < 1.29 is 14.7 Å². The molecule has 5 heteroatoms. The van der Waals surface area contributed by atoms with Gasteiger partial charge in [-0.1, -0.05) is 13.3 Å². The van der Waals surface area contributed by atoms with E-state index in [4.69, 9.17) is 5.11 Å². The van der Waals surface area contributed by atoms with Gasteiger partial charge in [0.1, 0.15) is 0 Å². The van der Waals surface area contributed by atoms with Crippen LogP contribution in [0.4, 0.5) is 0 Å². The molecule has 0 saturated carbocycles. The van der Waals surface area contributed by atoms with Gasteiger partial charge in [-0.3, -0.25) is 9.59 Å². The Morgan fingerprint density at radius 2 is 2.25 bits per heavy atom. The maximum Gasteiger partial charge on any atom is 0.305 e. The van der Waals surface area contributed by atoms with E-state index in [9.17, 15) is 9.59 Å². The molecule has 1 N–H and O–H groups in total. The molecule has 1 fully saturated rings. The summed E-state index contributed by atoms with van der Waals surface area (Å²) >= 11 is 1.73. The number of carboxylic acid groups (broad SMARTS) is 1. The molecule has 1 saturated heterocycles. The molecule has 1 aliphatic rings. The lowest BCUT2D eigenvalue weighted by atomic mass is 10.1. The van der Waals surface area contributed by atoms with Gasteiger partial charge in [0.2, 0.25) is 5.91 Å². The van der Waals surface area contributed by atoms with Gasteiger partial charge < -0.3 is 10.0 Å².